The van der Waals surface area contributed by atoms with Gasteiger partial charge in [0.2, 0.25) is 11.8 Å². The number of aromatic amines is 1. The molecule has 11 nitrogen and oxygen atoms in total. The van der Waals surface area contributed by atoms with Gasteiger partial charge in [-0.15, -0.1) is 0 Å². The van der Waals surface area contributed by atoms with Crippen molar-refractivity contribution in [2.75, 3.05) is 5.32 Å². The minimum atomic E-state index is -0.701. The predicted octanol–water partition coefficient (Wildman–Crippen LogP) is 3.77. The van der Waals surface area contributed by atoms with Crippen LogP contribution >= 0.6 is 0 Å². The molecule has 1 saturated heterocycles. The molecule has 2 aromatic carbocycles. The summed E-state index contributed by atoms with van der Waals surface area (Å²) in [6, 6.07) is 10.1. The van der Waals surface area contributed by atoms with Crippen LogP contribution in [0.3, 0.4) is 0 Å². The van der Waals surface area contributed by atoms with Crippen LogP contribution in [0.1, 0.15) is 78.1 Å². The number of amides is 5. The number of hydrogen-bond acceptors (Lipinski definition) is 6. The summed E-state index contributed by atoms with van der Waals surface area (Å²) in [5.41, 5.74) is 4.03. The Morgan fingerprint density at radius 1 is 1.10 bits per heavy atom. The predicted molar refractivity (Wildman–Crippen MR) is 151 cm³/mol. The number of nitrogens with zero attached hydrogens (tertiary/aromatic N) is 1. The molecule has 0 saturated carbocycles. The highest BCUT2D eigenvalue weighted by molar-refractivity contribution is 6.09. The van der Waals surface area contributed by atoms with Gasteiger partial charge in [-0.3, -0.25) is 24.5 Å². The third kappa shape index (κ3) is 5.79. The smallest absolute Gasteiger partial charge is 0.407 e. The Labute approximate surface area is 237 Å². The first-order valence-corrected chi connectivity index (χ1v) is 13.6. The maximum atomic E-state index is 13.4. The summed E-state index contributed by atoms with van der Waals surface area (Å²) in [5, 5.41) is 8.88. The van der Waals surface area contributed by atoms with Crippen LogP contribution in [0.5, 0.6) is 0 Å². The number of nitrogens with one attached hydrogen (secondary N) is 4. The largest absolute Gasteiger partial charge is 0.444 e. The first-order chi connectivity index (χ1) is 19.4. The lowest BCUT2D eigenvalue weighted by Gasteiger charge is -2.29. The van der Waals surface area contributed by atoms with Gasteiger partial charge in [0.25, 0.3) is 11.8 Å². The van der Waals surface area contributed by atoms with Crippen molar-refractivity contribution < 1.29 is 28.7 Å². The summed E-state index contributed by atoms with van der Waals surface area (Å²) in [4.78, 5) is 66.9. The number of H-pyrrole nitrogens is 1. The number of rotatable bonds is 6. The molecule has 41 heavy (non-hydrogen) atoms. The van der Waals surface area contributed by atoms with Crippen molar-refractivity contribution in [1.29, 1.82) is 0 Å². The second-order valence-electron chi connectivity index (χ2n) is 11.3. The number of carbonyl (C=O) groups excluding carboxylic acids is 5. The van der Waals surface area contributed by atoms with Crippen molar-refractivity contribution in [3.8, 4) is 0 Å². The lowest BCUT2D eigenvalue weighted by molar-refractivity contribution is -0.136. The molecular formula is C30H33N5O6. The number of fused-ring (bicyclic) bond motifs is 2. The number of hydrogen-bond donors (Lipinski definition) is 4. The molecule has 1 aromatic heterocycles. The summed E-state index contributed by atoms with van der Waals surface area (Å²) < 4.78 is 5.29. The summed E-state index contributed by atoms with van der Waals surface area (Å²) in [7, 11) is 0. The van der Waals surface area contributed by atoms with Crippen LogP contribution in [0, 0.1) is 0 Å². The van der Waals surface area contributed by atoms with Crippen molar-refractivity contribution in [2.24, 2.45) is 0 Å². The van der Waals surface area contributed by atoms with Gasteiger partial charge in [-0.1, -0.05) is 19.1 Å². The van der Waals surface area contributed by atoms with Crippen LogP contribution in [0.4, 0.5) is 10.5 Å². The van der Waals surface area contributed by atoms with Crippen LogP contribution in [0.25, 0.3) is 10.9 Å². The standard InChI is InChI=1S/C30H33N5O6/c1-5-19-21-8-6-16(14-31-29(40)41-30(2,3)4)12-22(21)33-25(19)27(38)32-18-7-9-20-17(13-18)15-35(28(20)39)23-10-11-24(36)34-26(23)37/h6-9,12-13,23,33H,5,10-11,14-15H2,1-4H3,(H,31,40)(H,32,38)(H,34,36,37). The summed E-state index contributed by atoms with van der Waals surface area (Å²) in [6.07, 6.45) is 0.587. The quantitative estimate of drug-likeness (QED) is 0.338. The van der Waals surface area contributed by atoms with E-state index in [0.29, 0.717) is 28.9 Å². The molecule has 3 heterocycles. The summed E-state index contributed by atoms with van der Waals surface area (Å²) in [6.45, 7) is 7.87. The topological polar surface area (TPSA) is 150 Å². The Hall–Kier alpha value is -4.67. The first kappa shape index (κ1) is 27.9. The fourth-order valence-electron chi connectivity index (χ4n) is 5.31. The zero-order valence-corrected chi connectivity index (χ0v) is 23.5. The molecule has 0 radical (unpaired) electrons. The molecule has 5 rings (SSSR count). The van der Waals surface area contributed by atoms with Crippen LogP contribution < -0.4 is 16.0 Å². The lowest BCUT2D eigenvalue weighted by atomic mass is 10.0. The van der Waals surface area contributed by atoms with Gasteiger partial charge in [0, 0.05) is 41.7 Å². The van der Waals surface area contributed by atoms with E-state index in [-0.39, 0.29) is 43.7 Å². The van der Waals surface area contributed by atoms with E-state index in [2.05, 4.69) is 20.9 Å². The molecule has 214 valence electrons. The van der Waals surface area contributed by atoms with Gasteiger partial charge in [-0.25, -0.2) is 4.79 Å². The summed E-state index contributed by atoms with van der Waals surface area (Å²) >= 11 is 0. The molecule has 2 aliphatic rings. The third-order valence-electron chi connectivity index (χ3n) is 7.17. The number of aryl methyl sites for hydroxylation is 1. The van der Waals surface area contributed by atoms with E-state index in [0.717, 1.165) is 22.0 Å². The van der Waals surface area contributed by atoms with E-state index in [1.165, 1.54) is 4.90 Å². The van der Waals surface area contributed by atoms with Crippen molar-refractivity contribution >= 4 is 46.3 Å². The fraction of sp³-hybridized carbons (Fsp3) is 0.367. The van der Waals surface area contributed by atoms with Crippen LogP contribution in [0.2, 0.25) is 0 Å². The third-order valence-corrected chi connectivity index (χ3v) is 7.17. The molecule has 0 spiro atoms. The molecule has 1 unspecified atom stereocenters. The Morgan fingerprint density at radius 3 is 2.59 bits per heavy atom. The SMILES string of the molecule is CCc1c(C(=O)Nc2ccc3c(c2)CN(C2CCC(=O)NC2=O)C3=O)[nH]c2cc(CNC(=O)OC(C)(C)C)ccc12. The molecule has 0 bridgehead atoms. The van der Waals surface area contributed by atoms with Crippen molar-refractivity contribution in [2.45, 2.75) is 71.7 Å². The molecule has 0 aliphatic carbocycles. The van der Waals surface area contributed by atoms with Crippen LogP contribution in [-0.4, -0.2) is 51.2 Å². The lowest BCUT2D eigenvalue weighted by Crippen LogP contribution is -2.52. The van der Waals surface area contributed by atoms with Crippen LogP contribution in [-0.2, 0) is 33.8 Å². The Morgan fingerprint density at radius 2 is 1.88 bits per heavy atom. The van der Waals surface area contributed by atoms with Gasteiger partial charge in [-0.05, 0) is 74.6 Å². The minimum absolute atomic E-state index is 0.184. The Kier molecular flexibility index (Phi) is 7.29. The second-order valence-corrected chi connectivity index (χ2v) is 11.3. The molecule has 11 heteroatoms. The van der Waals surface area contributed by atoms with E-state index in [9.17, 15) is 24.0 Å². The number of alkyl carbamates (subject to hydrolysis) is 1. The molecule has 3 aromatic rings. The number of imide groups is 1. The maximum Gasteiger partial charge on any atom is 0.407 e. The van der Waals surface area contributed by atoms with Gasteiger partial charge < -0.3 is 25.3 Å². The highest BCUT2D eigenvalue weighted by atomic mass is 16.6. The Bertz CT molecular complexity index is 1580. The first-order valence-electron chi connectivity index (χ1n) is 13.6. The second kappa shape index (κ2) is 10.7. The molecule has 4 N–H and O–H groups in total. The number of ether oxygens (including phenoxy) is 1. The van der Waals surface area contributed by atoms with Gasteiger partial charge >= 0.3 is 6.09 Å². The van der Waals surface area contributed by atoms with Crippen LogP contribution in [0.15, 0.2) is 36.4 Å². The monoisotopic (exact) mass is 559 g/mol. The highest BCUT2D eigenvalue weighted by Gasteiger charge is 2.39. The van der Waals surface area contributed by atoms with E-state index in [4.69, 9.17) is 4.74 Å². The zero-order chi connectivity index (χ0) is 29.5. The maximum absolute atomic E-state index is 13.4. The normalized spacial score (nSPS) is 16.9. The van der Waals surface area contributed by atoms with Gasteiger partial charge in [0.05, 0.1) is 0 Å². The fourth-order valence-corrected chi connectivity index (χ4v) is 5.31. The van der Waals surface area contributed by atoms with E-state index < -0.39 is 23.6 Å². The van der Waals surface area contributed by atoms with E-state index in [1.54, 1.807) is 39.0 Å². The number of carbonyl (C=O) groups is 5. The number of aromatic nitrogens is 1. The van der Waals surface area contributed by atoms with Gasteiger partial charge in [0.1, 0.15) is 17.3 Å². The zero-order valence-electron chi connectivity index (χ0n) is 23.5. The average molecular weight is 560 g/mol. The van der Waals surface area contributed by atoms with Crippen molar-refractivity contribution in [3.63, 3.8) is 0 Å². The van der Waals surface area contributed by atoms with Gasteiger partial charge in [0.15, 0.2) is 0 Å². The van der Waals surface area contributed by atoms with Crippen molar-refractivity contribution in [1.82, 2.24) is 20.5 Å². The van der Waals surface area contributed by atoms with Crippen molar-refractivity contribution in [3.05, 3.63) is 64.3 Å². The molecule has 2 aliphatic heterocycles. The van der Waals surface area contributed by atoms with Gasteiger partial charge in [-0.2, -0.15) is 0 Å². The molecule has 5 amide bonds. The molecular weight excluding hydrogens is 526 g/mol. The van der Waals surface area contributed by atoms with E-state index >= 15 is 0 Å². The number of piperidine rings is 1. The average Bonchev–Trinajstić information content (AvgIpc) is 3.43. The van der Waals surface area contributed by atoms with E-state index in [1.807, 2.05) is 25.1 Å². The highest BCUT2D eigenvalue weighted by Crippen LogP contribution is 2.30. The number of anilines is 1. The summed E-state index contributed by atoms with van der Waals surface area (Å²) in [5.74, 6) is -1.39. The molecule has 1 fully saturated rings. The number of benzene rings is 2. The molecule has 1 atom stereocenters. The Balaban J connectivity index is 1.30. The minimum Gasteiger partial charge on any atom is -0.444 e.